The van der Waals surface area contributed by atoms with Crippen LogP contribution in [0.3, 0.4) is 0 Å². The number of pyridine rings is 1. The van der Waals surface area contributed by atoms with E-state index in [1.165, 1.54) is 5.39 Å². The first-order chi connectivity index (χ1) is 8.25. The molecule has 1 aliphatic heterocycles. The number of aromatic nitrogens is 1. The van der Waals surface area contributed by atoms with E-state index in [1.807, 2.05) is 12.3 Å². The first-order valence-electron chi connectivity index (χ1n) is 5.92. The highest BCUT2D eigenvalue weighted by molar-refractivity contribution is 5.82. The minimum absolute atomic E-state index is 0.296. The van der Waals surface area contributed by atoms with E-state index in [0.29, 0.717) is 5.41 Å². The Morgan fingerprint density at radius 3 is 3.00 bits per heavy atom. The first kappa shape index (κ1) is 10.5. The van der Waals surface area contributed by atoms with Crippen LogP contribution in [-0.4, -0.2) is 24.7 Å². The highest BCUT2D eigenvalue weighted by Crippen LogP contribution is 2.27. The standard InChI is InChI=1S/C14H16N2O/c1-14(9-17-10-14)8-16-12-4-5-13-11(7-12)3-2-6-15-13/h2-7,16H,8-10H2,1H3. The maximum absolute atomic E-state index is 5.25. The number of fused-ring (bicyclic) bond motifs is 1. The number of nitrogens with zero attached hydrogens (tertiary/aromatic N) is 1. The Hall–Kier alpha value is -1.61. The summed E-state index contributed by atoms with van der Waals surface area (Å²) in [7, 11) is 0. The van der Waals surface area contributed by atoms with Crippen LogP contribution >= 0.6 is 0 Å². The summed E-state index contributed by atoms with van der Waals surface area (Å²) < 4.78 is 5.25. The van der Waals surface area contributed by atoms with E-state index in [4.69, 9.17) is 4.74 Å². The van der Waals surface area contributed by atoms with Gasteiger partial charge in [-0.2, -0.15) is 0 Å². The van der Waals surface area contributed by atoms with Crippen LogP contribution in [0.1, 0.15) is 6.92 Å². The lowest BCUT2D eigenvalue weighted by Crippen LogP contribution is -2.45. The lowest BCUT2D eigenvalue weighted by atomic mass is 9.88. The zero-order valence-corrected chi connectivity index (χ0v) is 9.94. The molecule has 0 unspecified atom stereocenters. The van der Waals surface area contributed by atoms with Crippen LogP contribution in [0.4, 0.5) is 5.69 Å². The minimum Gasteiger partial charge on any atom is -0.384 e. The normalized spacial score (nSPS) is 17.7. The second-order valence-corrected chi connectivity index (χ2v) is 5.07. The van der Waals surface area contributed by atoms with Crippen LogP contribution in [-0.2, 0) is 4.74 Å². The topological polar surface area (TPSA) is 34.2 Å². The molecule has 17 heavy (non-hydrogen) atoms. The number of benzene rings is 1. The molecular weight excluding hydrogens is 212 g/mol. The van der Waals surface area contributed by atoms with Gasteiger partial charge in [-0.25, -0.2) is 0 Å². The average molecular weight is 228 g/mol. The molecule has 1 aromatic carbocycles. The van der Waals surface area contributed by atoms with Crippen molar-refractivity contribution in [3.63, 3.8) is 0 Å². The van der Waals surface area contributed by atoms with Gasteiger partial charge in [0.05, 0.1) is 18.7 Å². The van der Waals surface area contributed by atoms with Crippen molar-refractivity contribution in [1.29, 1.82) is 0 Å². The number of anilines is 1. The van der Waals surface area contributed by atoms with Crippen LogP contribution in [0.5, 0.6) is 0 Å². The van der Waals surface area contributed by atoms with E-state index in [1.54, 1.807) is 0 Å². The molecule has 88 valence electrons. The van der Waals surface area contributed by atoms with E-state index in [2.05, 4.69) is 41.5 Å². The smallest absolute Gasteiger partial charge is 0.0703 e. The predicted octanol–water partition coefficient (Wildman–Crippen LogP) is 2.68. The SMILES string of the molecule is CC1(CNc2ccc3ncccc3c2)COC1. The third kappa shape index (κ3) is 2.11. The molecule has 3 rings (SSSR count). The van der Waals surface area contributed by atoms with Gasteiger partial charge in [0.2, 0.25) is 0 Å². The van der Waals surface area contributed by atoms with Crippen molar-refractivity contribution in [2.45, 2.75) is 6.92 Å². The maximum Gasteiger partial charge on any atom is 0.0703 e. The Morgan fingerprint density at radius 2 is 2.24 bits per heavy atom. The van der Waals surface area contributed by atoms with Crippen LogP contribution in [0.15, 0.2) is 36.5 Å². The summed E-state index contributed by atoms with van der Waals surface area (Å²) in [6, 6.07) is 10.3. The Bertz CT molecular complexity index is 534. The van der Waals surface area contributed by atoms with Gasteiger partial charge in [0.1, 0.15) is 0 Å². The van der Waals surface area contributed by atoms with Crippen LogP contribution in [0, 0.1) is 5.41 Å². The van der Waals surface area contributed by atoms with Crippen LogP contribution in [0.2, 0.25) is 0 Å². The Morgan fingerprint density at radius 1 is 1.35 bits per heavy atom. The zero-order chi connectivity index (χ0) is 11.7. The quantitative estimate of drug-likeness (QED) is 0.877. The van der Waals surface area contributed by atoms with E-state index in [9.17, 15) is 0 Å². The van der Waals surface area contributed by atoms with Crippen LogP contribution in [0.25, 0.3) is 10.9 Å². The molecule has 0 spiro atoms. The van der Waals surface area contributed by atoms with Gasteiger partial charge in [0.15, 0.2) is 0 Å². The molecule has 1 N–H and O–H groups in total. The summed E-state index contributed by atoms with van der Waals surface area (Å²) >= 11 is 0. The van der Waals surface area contributed by atoms with Crippen molar-refractivity contribution in [1.82, 2.24) is 4.98 Å². The van der Waals surface area contributed by atoms with Gasteiger partial charge in [-0.15, -0.1) is 0 Å². The molecular formula is C14H16N2O. The molecule has 0 radical (unpaired) electrons. The largest absolute Gasteiger partial charge is 0.384 e. The molecule has 0 amide bonds. The summed E-state index contributed by atoms with van der Waals surface area (Å²) in [5, 5.41) is 4.65. The van der Waals surface area contributed by atoms with Gasteiger partial charge in [-0.1, -0.05) is 13.0 Å². The van der Waals surface area contributed by atoms with Gasteiger partial charge in [0, 0.05) is 29.2 Å². The molecule has 0 atom stereocenters. The van der Waals surface area contributed by atoms with Crippen molar-refractivity contribution < 1.29 is 4.74 Å². The van der Waals surface area contributed by atoms with E-state index in [0.717, 1.165) is 31.0 Å². The van der Waals surface area contributed by atoms with Gasteiger partial charge >= 0.3 is 0 Å². The Kier molecular flexibility index (Phi) is 2.48. The monoisotopic (exact) mass is 228 g/mol. The van der Waals surface area contributed by atoms with E-state index >= 15 is 0 Å². The molecule has 3 nitrogen and oxygen atoms in total. The number of ether oxygens (including phenoxy) is 1. The number of hydrogen-bond acceptors (Lipinski definition) is 3. The third-order valence-electron chi connectivity index (χ3n) is 3.22. The molecule has 0 bridgehead atoms. The molecule has 1 saturated heterocycles. The van der Waals surface area contributed by atoms with Gasteiger partial charge < -0.3 is 10.1 Å². The fourth-order valence-electron chi connectivity index (χ4n) is 2.05. The number of rotatable bonds is 3. The molecule has 2 aromatic rings. The lowest BCUT2D eigenvalue weighted by Gasteiger charge is -2.38. The van der Waals surface area contributed by atoms with Crippen molar-refractivity contribution in [3.8, 4) is 0 Å². The van der Waals surface area contributed by atoms with Gasteiger partial charge in [-0.05, 0) is 24.3 Å². The second-order valence-electron chi connectivity index (χ2n) is 5.07. The van der Waals surface area contributed by atoms with Crippen LogP contribution < -0.4 is 5.32 Å². The Balaban J connectivity index is 1.76. The fraction of sp³-hybridized carbons (Fsp3) is 0.357. The van der Waals surface area contributed by atoms with Gasteiger partial charge in [-0.3, -0.25) is 4.98 Å². The van der Waals surface area contributed by atoms with Crippen molar-refractivity contribution in [2.24, 2.45) is 5.41 Å². The third-order valence-corrected chi connectivity index (χ3v) is 3.22. The summed E-state index contributed by atoms with van der Waals surface area (Å²) in [6.45, 7) is 4.91. The first-order valence-corrected chi connectivity index (χ1v) is 5.92. The second kappa shape index (κ2) is 4.00. The Labute approximate surface area is 101 Å². The van der Waals surface area contributed by atoms with Crippen molar-refractivity contribution >= 4 is 16.6 Å². The lowest BCUT2D eigenvalue weighted by molar-refractivity contribution is -0.0924. The van der Waals surface area contributed by atoms with E-state index in [-0.39, 0.29) is 0 Å². The minimum atomic E-state index is 0.296. The van der Waals surface area contributed by atoms with Crippen molar-refractivity contribution in [2.75, 3.05) is 25.1 Å². The highest BCUT2D eigenvalue weighted by Gasteiger charge is 2.32. The van der Waals surface area contributed by atoms with Crippen molar-refractivity contribution in [3.05, 3.63) is 36.5 Å². The average Bonchev–Trinajstić information content (AvgIpc) is 2.34. The molecule has 1 fully saturated rings. The van der Waals surface area contributed by atoms with Gasteiger partial charge in [0.25, 0.3) is 0 Å². The molecule has 1 aromatic heterocycles. The highest BCUT2D eigenvalue weighted by atomic mass is 16.5. The summed E-state index contributed by atoms with van der Waals surface area (Å²) in [5.41, 5.74) is 2.49. The molecule has 0 saturated carbocycles. The maximum atomic E-state index is 5.25. The molecule has 0 aliphatic carbocycles. The molecule has 2 heterocycles. The zero-order valence-electron chi connectivity index (χ0n) is 9.94. The predicted molar refractivity (Wildman–Crippen MR) is 69.2 cm³/mol. The molecule has 1 aliphatic rings. The number of nitrogens with one attached hydrogen (secondary N) is 1. The fourth-order valence-corrected chi connectivity index (χ4v) is 2.05. The van der Waals surface area contributed by atoms with E-state index < -0.39 is 0 Å². The molecule has 3 heteroatoms. The summed E-state index contributed by atoms with van der Waals surface area (Å²) in [6.07, 6.45) is 1.82. The summed E-state index contributed by atoms with van der Waals surface area (Å²) in [5.74, 6) is 0. The summed E-state index contributed by atoms with van der Waals surface area (Å²) in [4.78, 5) is 4.31. The number of hydrogen-bond donors (Lipinski definition) is 1.